The highest BCUT2D eigenvalue weighted by molar-refractivity contribution is 7.13. The first-order valence-electron chi connectivity index (χ1n) is 8.32. The smallest absolute Gasteiger partial charge is 0.264 e. The lowest BCUT2D eigenvalue weighted by Crippen LogP contribution is -2.23. The van der Waals surface area contributed by atoms with Crippen molar-refractivity contribution in [2.45, 2.75) is 19.9 Å². The number of carbonyl (C=O) groups is 1. The molecule has 1 aromatic carbocycles. The summed E-state index contributed by atoms with van der Waals surface area (Å²) in [5.41, 5.74) is 1.96. The Morgan fingerprint density at radius 3 is 2.81 bits per heavy atom. The normalized spacial score (nSPS) is 11.0. The Kier molecular flexibility index (Phi) is 4.51. The Morgan fingerprint density at radius 2 is 2.07 bits per heavy atom. The van der Waals surface area contributed by atoms with Gasteiger partial charge in [0.25, 0.3) is 5.56 Å². The van der Waals surface area contributed by atoms with Gasteiger partial charge in [0, 0.05) is 18.3 Å². The highest BCUT2D eigenvalue weighted by Gasteiger charge is 2.12. The first-order valence-corrected chi connectivity index (χ1v) is 9.20. The maximum atomic E-state index is 12.7. The lowest BCUT2D eigenvalue weighted by Gasteiger charge is -2.06. The van der Waals surface area contributed by atoms with Crippen LogP contribution < -0.4 is 10.9 Å². The van der Waals surface area contributed by atoms with Crippen LogP contribution in [0.2, 0.25) is 0 Å². The van der Waals surface area contributed by atoms with Gasteiger partial charge in [-0.25, -0.2) is 14.6 Å². The number of nitrogens with zero attached hydrogens (tertiary/aromatic N) is 5. The molecule has 1 amide bonds. The van der Waals surface area contributed by atoms with Crippen molar-refractivity contribution >= 4 is 33.4 Å². The van der Waals surface area contributed by atoms with Gasteiger partial charge in [-0.1, -0.05) is 18.2 Å². The van der Waals surface area contributed by atoms with E-state index >= 15 is 0 Å². The average Bonchev–Trinajstić information content (AvgIpc) is 3.28. The molecule has 0 unspecified atom stereocenters. The zero-order valence-electron chi connectivity index (χ0n) is 14.5. The van der Waals surface area contributed by atoms with Gasteiger partial charge >= 0.3 is 0 Å². The summed E-state index contributed by atoms with van der Waals surface area (Å²) in [5.74, 6) is -0.198. The van der Waals surface area contributed by atoms with Crippen molar-refractivity contribution in [3.05, 3.63) is 64.3 Å². The molecule has 0 bridgehead atoms. The molecular formula is C18H16N6O2S. The standard InChI is InChI=1S/C18H16N6O2S/c1-12-10-27-18(21-12)22-15(25)7-8-23-11-19-16-14(17(23)26)9-20-24(16)13-5-3-2-4-6-13/h2-6,9-11H,7-8H2,1H3,(H,21,22,25). The number of hydrogen-bond donors (Lipinski definition) is 1. The quantitative estimate of drug-likeness (QED) is 0.574. The van der Waals surface area contributed by atoms with Gasteiger partial charge in [0.15, 0.2) is 10.8 Å². The number of nitrogens with one attached hydrogen (secondary N) is 1. The fourth-order valence-electron chi connectivity index (χ4n) is 2.68. The SMILES string of the molecule is Cc1csc(NC(=O)CCn2cnc3c(cnn3-c3ccccc3)c2=O)n1. The van der Waals surface area contributed by atoms with Gasteiger partial charge in [0.05, 0.1) is 23.9 Å². The molecular weight excluding hydrogens is 364 g/mol. The van der Waals surface area contributed by atoms with E-state index in [1.807, 2.05) is 42.6 Å². The second-order valence-electron chi connectivity index (χ2n) is 5.96. The van der Waals surface area contributed by atoms with Crippen LogP contribution in [0.4, 0.5) is 5.13 Å². The number of anilines is 1. The van der Waals surface area contributed by atoms with Crippen LogP contribution in [0.15, 0.2) is 53.0 Å². The van der Waals surface area contributed by atoms with Crippen LogP contribution in [0, 0.1) is 6.92 Å². The summed E-state index contributed by atoms with van der Waals surface area (Å²) < 4.78 is 3.05. The number of amides is 1. The van der Waals surface area contributed by atoms with Crippen LogP contribution in [-0.2, 0) is 11.3 Å². The van der Waals surface area contributed by atoms with E-state index in [1.165, 1.54) is 28.4 Å². The molecule has 4 aromatic rings. The third-order valence-electron chi connectivity index (χ3n) is 4.00. The van der Waals surface area contributed by atoms with Gasteiger partial charge in [-0.3, -0.25) is 14.2 Å². The predicted molar refractivity (Wildman–Crippen MR) is 103 cm³/mol. The summed E-state index contributed by atoms with van der Waals surface area (Å²) in [6, 6.07) is 9.49. The number of benzene rings is 1. The maximum Gasteiger partial charge on any atom is 0.264 e. The fraction of sp³-hybridized carbons (Fsp3) is 0.167. The molecule has 0 aliphatic carbocycles. The number of hydrogen-bond acceptors (Lipinski definition) is 6. The molecule has 0 saturated carbocycles. The Labute approximate surface area is 158 Å². The van der Waals surface area contributed by atoms with Crippen LogP contribution in [0.3, 0.4) is 0 Å². The summed E-state index contributed by atoms with van der Waals surface area (Å²) in [6.07, 6.45) is 3.11. The molecule has 3 heterocycles. The number of aromatic nitrogens is 5. The zero-order valence-corrected chi connectivity index (χ0v) is 15.3. The molecule has 0 saturated heterocycles. The Balaban J connectivity index is 1.52. The topological polar surface area (TPSA) is 94.7 Å². The van der Waals surface area contributed by atoms with Crippen LogP contribution in [-0.4, -0.2) is 30.2 Å². The summed E-state index contributed by atoms with van der Waals surface area (Å²) in [5, 5.41) is 9.84. The fourth-order valence-corrected chi connectivity index (χ4v) is 3.39. The minimum Gasteiger partial charge on any atom is -0.302 e. The molecule has 0 spiro atoms. The van der Waals surface area contributed by atoms with Crippen molar-refractivity contribution in [2.24, 2.45) is 0 Å². The summed E-state index contributed by atoms with van der Waals surface area (Å²) in [4.78, 5) is 33.3. The molecule has 27 heavy (non-hydrogen) atoms. The van der Waals surface area contributed by atoms with Crippen molar-refractivity contribution in [2.75, 3.05) is 5.32 Å². The van der Waals surface area contributed by atoms with E-state index in [0.717, 1.165) is 11.4 Å². The first kappa shape index (κ1) is 17.1. The van der Waals surface area contributed by atoms with Gasteiger partial charge in [-0.2, -0.15) is 5.10 Å². The molecule has 4 rings (SSSR count). The molecule has 0 atom stereocenters. The second-order valence-corrected chi connectivity index (χ2v) is 6.82. The minimum absolute atomic E-state index is 0.151. The van der Waals surface area contributed by atoms with E-state index in [-0.39, 0.29) is 24.4 Å². The van der Waals surface area contributed by atoms with Gasteiger partial charge in [0.1, 0.15) is 5.39 Å². The molecule has 0 radical (unpaired) electrons. The predicted octanol–water partition coefficient (Wildman–Crippen LogP) is 2.38. The molecule has 8 nitrogen and oxygen atoms in total. The highest BCUT2D eigenvalue weighted by Crippen LogP contribution is 2.15. The van der Waals surface area contributed by atoms with E-state index in [4.69, 9.17) is 0 Å². The lowest BCUT2D eigenvalue weighted by atomic mass is 10.3. The molecule has 0 fully saturated rings. The van der Waals surface area contributed by atoms with Crippen LogP contribution in [0.5, 0.6) is 0 Å². The number of rotatable bonds is 5. The van der Waals surface area contributed by atoms with Crippen LogP contribution >= 0.6 is 11.3 Å². The van der Waals surface area contributed by atoms with Gasteiger partial charge in [-0.15, -0.1) is 11.3 Å². The minimum atomic E-state index is -0.222. The summed E-state index contributed by atoms with van der Waals surface area (Å²) in [6.45, 7) is 2.09. The number of para-hydroxylation sites is 1. The van der Waals surface area contributed by atoms with E-state index in [1.54, 1.807) is 4.68 Å². The monoisotopic (exact) mass is 380 g/mol. The largest absolute Gasteiger partial charge is 0.302 e. The molecule has 3 aromatic heterocycles. The number of thiazole rings is 1. The third kappa shape index (κ3) is 3.49. The van der Waals surface area contributed by atoms with Crippen LogP contribution in [0.1, 0.15) is 12.1 Å². The molecule has 9 heteroatoms. The average molecular weight is 380 g/mol. The number of fused-ring (bicyclic) bond motifs is 1. The van der Waals surface area contributed by atoms with Crippen molar-refractivity contribution in [1.82, 2.24) is 24.3 Å². The van der Waals surface area contributed by atoms with Gasteiger partial charge < -0.3 is 5.32 Å². The molecule has 1 N–H and O–H groups in total. The third-order valence-corrected chi connectivity index (χ3v) is 4.88. The number of aryl methyl sites for hydroxylation is 2. The zero-order chi connectivity index (χ0) is 18.8. The van der Waals surface area contributed by atoms with Crippen LogP contribution in [0.25, 0.3) is 16.7 Å². The Bertz CT molecular complexity index is 1160. The number of carbonyl (C=O) groups excluding carboxylic acids is 1. The van der Waals surface area contributed by atoms with Crippen molar-refractivity contribution < 1.29 is 4.79 Å². The van der Waals surface area contributed by atoms with E-state index < -0.39 is 0 Å². The second kappa shape index (κ2) is 7.12. The Morgan fingerprint density at radius 1 is 1.26 bits per heavy atom. The Hall–Kier alpha value is -3.33. The van der Waals surface area contributed by atoms with Gasteiger partial charge in [-0.05, 0) is 19.1 Å². The lowest BCUT2D eigenvalue weighted by molar-refractivity contribution is -0.116. The van der Waals surface area contributed by atoms with E-state index in [9.17, 15) is 9.59 Å². The van der Waals surface area contributed by atoms with Crippen molar-refractivity contribution in [1.29, 1.82) is 0 Å². The molecule has 0 aliphatic rings. The summed E-state index contributed by atoms with van der Waals surface area (Å²) >= 11 is 1.37. The van der Waals surface area contributed by atoms with E-state index in [0.29, 0.717) is 16.2 Å². The first-order chi connectivity index (χ1) is 13.1. The highest BCUT2D eigenvalue weighted by atomic mass is 32.1. The summed E-state index contributed by atoms with van der Waals surface area (Å²) in [7, 11) is 0. The van der Waals surface area contributed by atoms with Crippen molar-refractivity contribution in [3.8, 4) is 5.69 Å². The molecule has 136 valence electrons. The van der Waals surface area contributed by atoms with Crippen molar-refractivity contribution in [3.63, 3.8) is 0 Å². The maximum absolute atomic E-state index is 12.7. The molecule has 0 aliphatic heterocycles. The van der Waals surface area contributed by atoms with E-state index in [2.05, 4.69) is 20.4 Å². The van der Waals surface area contributed by atoms with Gasteiger partial charge in [0.2, 0.25) is 5.91 Å².